The fourth-order valence-corrected chi connectivity index (χ4v) is 2.01. The van der Waals surface area contributed by atoms with Crippen LogP contribution >= 0.6 is 11.6 Å². The number of hydrogen-bond acceptors (Lipinski definition) is 3. The number of hydrogen-bond donors (Lipinski definition) is 1. The molecule has 0 atom stereocenters. The molecular formula is C13H7ClFNO2. The van der Waals surface area contributed by atoms with Crippen LogP contribution in [0.25, 0.3) is 22.2 Å². The van der Waals surface area contributed by atoms with Gasteiger partial charge < -0.3 is 9.63 Å². The normalized spacial score (nSPS) is 11.0. The van der Waals surface area contributed by atoms with Gasteiger partial charge in [-0.25, -0.2) is 4.39 Å². The number of phenols is 1. The second-order valence-electron chi connectivity index (χ2n) is 3.82. The summed E-state index contributed by atoms with van der Waals surface area (Å²) in [7, 11) is 0. The Morgan fingerprint density at radius 3 is 2.83 bits per heavy atom. The van der Waals surface area contributed by atoms with Crippen LogP contribution in [-0.2, 0) is 0 Å². The molecule has 1 aromatic heterocycles. The Hall–Kier alpha value is -2.07. The minimum absolute atomic E-state index is 0.0777. The Morgan fingerprint density at radius 2 is 2.06 bits per heavy atom. The largest absolute Gasteiger partial charge is 0.506 e. The van der Waals surface area contributed by atoms with E-state index in [-0.39, 0.29) is 22.2 Å². The summed E-state index contributed by atoms with van der Waals surface area (Å²) in [6.07, 6.45) is 0. The zero-order valence-electron chi connectivity index (χ0n) is 9.02. The molecule has 0 saturated heterocycles. The highest BCUT2D eigenvalue weighted by molar-refractivity contribution is 6.36. The van der Waals surface area contributed by atoms with Gasteiger partial charge in [0, 0.05) is 5.56 Å². The first-order valence-electron chi connectivity index (χ1n) is 5.19. The number of phenolic OH excluding ortho intramolecular Hbond substituents is 1. The summed E-state index contributed by atoms with van der Waals surface area (Å²) in [6.45, 7) is 0. The van der Waals surface area contributed by atoms with Crippen molar-refractivity contribution in [2.24, 2.45) is 0 Å². The molecule has 0 saturated carbocycles. The first-order valence-corrected chi connectivity index (χ1v) is 5.57. The number of fused-ring (bicyclic) bond motifs is 1. The Balaban J connectivity index is 2.28. The van der Waals surface area contributed by atoms with Gasteiger partial charge in [0.25, 0.3) is 0 Å². The predicted molar refractivity (Wildman–Crippen MR) is 66.1 cm³/mol. The maximum atomic E-state index is 13.2. The van der Waals surface area contributed by atoms with Crippen molar-refractivity contribution < 1.29 is 14.0 Å². The van der Waals surface area contributed by atoms with E-state index in [4.69, 9.17) is 16.1 Å². The van der Waals surface area contributed by atoms with Crippen molar-refractivity contribution in [3.63, 3.8) is 0 Å². The fraction of sp³-hybridized carbons (Fsp3) is 0. The third-order valence-electron chi connectivity index (χ3n) is 2.66. The first-order chi connectivity index (χ1) is 8.66. The van der Waals surface area contributed by atoms with E-state index in [1.807, 2.05) is 0 Å². The molecule has 1 heterocycles. The van der Waals surface area contributed by atoms with Crippen molar-refractivity contribution in [3.8, 4) is 17.0 Å². The third kappa shape index (κ3) is 1.62. The number of halogens is 2. The van der Waals surface area contributed by atoms with Crippen LogP contribution in [0.15, 0.2) is 40.9 Å². The molecule has 0 spiro atoms. The van der Waals surface area contributed by atoms with E-state index in [2.05, 4.69) is 5.16 Å². The molecule has 0 fully saturated rings. The lowest BCUT2D eigenvalue weighted by atomic mass is 10.1. The number of rotatable bonds is 1. The van der Waals surface area contributed by atoms with Crippen molar-refractivity contribution in [3.05, 3.63) is 47.2 Å². The minimum Gasteiger partial charge on any atom is -0.506 e. The summed E-state index contributed by atoms with van der Waals surface area (Å²) in [5.41, 5.74) is 1.37. The summed E-state index contributed by atoms with van der Waals surface area (Å²) >= 11 is 5.90. The van der Waals surface area contributed by atoms with Gasteiger partial charge in [0.2, 0.25) is 0 Å². The molecule has 3 rings (SSSR count). The molecule has 18 heavy (non-hydrogen) atoms. The van der Waals surface area contributed by atoms with Crippen LogP contribution < -0.4 is 0 Å². The molecule has 0 aliphatic rings. The fourth-order valence-electron chi connectivity index (χ4n) is 1.81. The van der Waals surface area contributed by atoms with Gasteiger partial charge in [0.1, 0.15) is 22.3 Å². The Kier molecular flexibility index (Phi) is 2.45. The van der Waals surface area contributed by atoms with E-state index in [1.54, 1.807) is 18.2 Å². The van der Waals surface area contributed by atoms with Gasteiger partial charge in [0.15, 0.2) is 5.58 Å². The highest BCUT2D eigenvalue weighted by Crippen LogP contribution is 2.36. The van der Waals surface area contributed by atoms with E-state index in [9.17, 15) is 9.50 Å². The maximum absolute atomic E-state index is 13.2. The maximum Gasteiger partial charge on any atom is 0.189 e. The summed E-state index contributed by atoms with van der Waals surface area (Å²) in [5, 5.41) is 14.1. The van der Waals surface area contributed by atoms with Gasteiger partial charge in [-0.05, 0) is 24.3 Å². The van der Waals surface area contributed by atoms with Crippen molar-refractivity contribution >= 4 is 22.6 Å². The summed E-state index contributed by atoms with van der Waals surface area (Å²) in [5.74, 6) is -0.431. The average molecular weight is 264 g/mol. The van der Waals surface area contributed by atoms with Gasteiger partial charge in [-0.1, -0.05) is 28.9 Å². The lowest BCUT2D eigenvalue weighted by Crippen LogP contribution is -1.80. The van der Waals surface area contributed by atoms with Crippen molar-refractivity contribution in [1.29, 1.82) is 0 Å². The number of benzene rings is 2. The summed E-state index contributed by atoms with van der Waals surface area (Å²) in [4.78, 5) is 0. The van der Waals surface area contributed by atoms with Gasteiger partial charge in [-0.3, -0.25) is 0 Å². The van der Waals surface area contributed by atoms with Gasteiger partial charge in [0.05, 0.1) is 5.39 Å². The van der Waals surface area contributed by atoms with E-state index >= 15 is 0 Å². The quantitative estimate of drug-likeness (QED) is 0.722. The molecule has 90 valence electrons. The first kappa shape index (κ1) is 11.0. The number of aromatic hydroxyl groups is 1. The lowest BCUT2D eigenvalue weighted by Gasteiger charge is -1.98. The van der Waals surface area contributed by atoms with Crippen LogP contribution in [0.5, 0.6) is 5.75 Å². The Labute approximate surface area is 106 Å². The highest BCUT2D eigenvalue weighted by Gasteiger charge is 2.15. The third-order valence-corrected chi connectivity index (χ3v) is 3.02. The summed E-state index contributed by atoms with van der Waals surface area (Å²) < 4.78 is 18.3. The zero-order valence-corrected chi connectivity index (χ0v) is 9.78. The van der Waals surface area contributed by atoms with Crippen molar-refractivity contribution in [2.45, 2.75) is 0 Å². The molecule has 0 radical (unpaired) electrons. The minimum atomic E-state index is -0.353. The topological polar surface area (TPSA) is 46.3 Å². The molecule has 0 aliphatic heterocycles. The van der Waals surface area contributed by atoms with E-state index < -0.39 is 0 Å². The highest BCUT2D eigenvalue weighted by atomic mass is 35.5. The second-order valence-corrected chi connectivity index (χ2v) is 4.19. The van der Waals surface area contributed by atoms with Gasteiger partial charge in [-0.15, -0.1) is 0 Å². The van der Waals surface area contributed by atoms with E-state index in [0.29, 0.717) is 16.6 Å². The molecule has 0 amide bonds. The average Bonchev–Trinajstić information content (AvgIpc) is 2.78. The van der Waals surface area contributed by atoms with Crippen LogP contribution in [-0.4, -0.2) is 10.3 Å². The standard InChI is InChI=1S/C13H7ClFNO2/c14-11-10(17)5-4-9-12(16-18-13(9)11)7-2-1-3-8(15)6-7/h1-6,17H. The molecule has 3 nitrogen and oxygen atoms in total. The molecular weight excluding hydrogens is 257 g/mol. The number of nitrogens with zero attached hydrogens (tertiary/aromatic N) is 1. The van der Waals surface area contributed by atoms with E-state index in [0.717, 1.165) is 0 Å². The predicted octanol–water partition coefficient (Wildman–Crippen LogP) is 3.99. The van der Waals surface area contributed by atoms with Crippen molar-refractivity contribution in [1.82, 2.24) is 5.16 Å². The smallest absolute Gasteiger partial charge is 0.189 e. The Morgan fingerprint density at radius 1 is 1.22 bits per heavy atom. The van der Waals surface area contributed by atoms with E-state index in [1.165, 1.54) is 18.2 Å². The monoisotopic (exact) mass is 263 g/mol. The SMILES string of the molecule is Oc1ccc2c(-c3cccc(F)c3)noc2c1Cl. The summed E-state index contributed by atoms with van der Waals surface area (Å²) in [6, 6.07) is 9.11. The van der Waals surface area contributed by atoms with Crippen LogP contribution in [0.1, 0.15) is 0 Å². The zero-order chi connectivity index (χ0) is 12.7. The van der Waals surface area contributed by atoms with Gasteiger partial charge in [-0.2, -0.15) is 0 Å². The Bertz CT molecular complexity index is 739. The number of aromatic nitrogens is 1. The molecule has 0 unspecified atom stereocenters. The molecule has 0 bridgehead atoms. The van der Waals surface area contributed by atoms with Crippen LogP contribution in [0.4, 0.5) is 4.39 Å². The molecule has 2 aromatic carbocycles. The molecule has 0 aliphatic carbocycles. The van der Waals surface area contributed by atoms with Crippen molar-refractivity contribution in [2.75, 3.05) is 0 Å². The lowest BCUT2D eigenvalue weighted by molar-refractivity contribution is 0.451. The van der Waals surface area contributed by atoms with Gasteiger partial charge >= 0.3 is 0 Å². The van der Waals surface area contributed by atoms with Crippen LogP contribution in [0.2, 0.25) is 5.02 Å². The molecule has 5 heteroatoms. The van der Waals surface area contributed by atoms with Crippen LogP contribution in [0.3, 0.4) is 0 Å². The molecule has 1 N–H and O–H groups in total. The van der Waals surface area contributed by atoms with Crippen LogP contribution in [0, 0.1) is 5.82 Å². The molecule has 3 aromatic rings. The second kappa shape index (κ2) is 3.99.